The number of fused-ring (bicyclic) bond motifs is 2. The van der Waals surface area contributed by atoms with Gasteiger partial charge in [0.05, 0.1) is 5.92 Å². The number of aryl methyl sites for hydroxylation is 1. The van der Waals surface area contributed by atoms with Crippen molar-refractivity contribution in [2.45, 2.75) is 18.8 Å². The van der Waals surface area contributed by atoms with Crippen LogP contribution in [-0.2, 0) is 23.1 Å². The highest BCUT2D eigenvalue weighted by molar-refractivity contribution is 6.08. The second kappa shape index (κ2) is 6.37. The van der Waals surface area contributed by atoms with Gasteiger partial charge in [0, 0.05) is 54.2 Å². The van der Waals surface area contributed by atoms with E-state index < -0.39 is 0 Å². The molecule has 1 aliphatic heterocycles. The molecule has 1 aliphatic rings. The molecule has 3 heterocycles. The summed E-state index contributed by atoms with van der Waals surface area (Å²) < 4.78 is 2.02. The van der Waals surface area contributed by atoms with Gasteiger partial charge in [-0.15, -0.1) is 0 Å². The molecule has 5 heteroatoms. The van der Waals surface area contributed by atoms with E-state index in [1.807, 2.05) is 66.5 Å². The van der Waals surface area contributed by atoms with E-state index in [1.54, 1.807) is 0 Å². The van der Waals surface area contributed by atoms with E-state index in [0.717, 1.165) is 32.9 Å². The van der Waals surface area contributed by atoms with E-state index >= 15 is 0 Å². The summed E-state index contributed by atoms with van der Waals surface area (Å²) in [6.07, 6.45) is 4.87. The summed E-state index contributed by atoms with van der Waals surface area (Å²) in [6, 6.07) is 16.1. The lowest BCUT2D eigenvalue weighted by molar-refractivity contribution is -0.138. The average Bonchev–Trinajstić information content (AvgIpc) is 3.35. The quantitative estimate of drug-likeness (QED) is 0.556. The largest absolute Gasteiger partial charge is 0.361 e. The molecule has 1 atom stereocenters. The number of likely N-dealkylation sites (tertiary alicyclic amines) is 1. The van der Waals surface area contributed by atoms with Gasteiger partial charge in [0.1, 0.15) is 0 Å². The summed E-state index contributed by atoms with van der Waals surface area (Å²) in [5.41, 5.74) is 4.23. The van der Waals surface area contributed by atoms with Crippen LogP contribution in [0.25, 0.3) is 21.8 Å². The fourth-order valence-electron chi connectivity index (χ4n) is 4.38. The number of nitrogens with zero attached hydrogens (tertiary/aromatic N) is 2. The molecule has 1 fully saturated rings. The van der Waals surface area contributed by atoms with Crippen molar-refractivity contribution in [3.05, 3.63) is 72.1 Å². The zero-order valence-electron chi connectivity index (χ0n) is 15.7. The van der Waals surface area contributed by atoms with Crippen molar-refractivity contribution in [2.75, 3.05) is 6.54 Å². The first kappa shape index (κ1) is 16.8. The number of aromatic nitrogens is 2. The lowest BCUT2D eigenvalue weighted by Crippen LogP contribution is -2.32. The minimum Gasteiger partial charge on any atom is -0.361 e. The summed E-state index contributed by atoms with van der Waals surface area (Å²) in [5, 5.41) is 2.20. The smallest absolute Gasteiger partial charge is 0.237 e. The van der Waals surface area contributed by atoms with Crippen molar-refractivity contribution in [1.29, 1.82) is 0 Å². The van der Waals surface area contributed by atoms with Crippen LogP contribution >= 0.6 is 0 Å². The molecule has 0 bridgehead atoms. The van der Waals surface area contributed by atoms with E-state index in [9.17, 15) is 9.59 Å². The number of rotatable bonds is 4. The maximum Gasteiger partial charge on any atom is 0.237 e. The fraction of sp³-hybridized carbons (Fsp3) is 0.217. The predicted molar refractivity (Wildman–Crippen MR) is 109 cm³/mol. The van der Waals surface area contributed by atoms with Crippen molar-refractivity contribution in [2.24, 2.45) is 7.05 Å². The number of carbonyl (C=O) groups excluding carboxylic acids is 2. The van der Waals surface area contributed by atoms with Crippen LogP contribution in [0.1, 0.15) is 23.5 Å². The number of H-pyrrole nitrogens is 1. The summed E-state index contributed by atoms with van der Waals surface area (Å²) in [7, 11) is 1.97. The van der Waals surface area contributed by atoms with Gasteiger partial charge in [0.15, 0.2) is 0 Å². The number of imide groups is 1. The highest BCUT2D eigenvalue weighted by Crippen LogP contribution is 2.35. The number of aromatic amines is 1. The van der Waals surface area contributed by atoms with Gasteiger partial charge in [-0.05, 0) is 29.7 Å². The van der Waals surface area contributed by atoms with Gasteiger partial charge >= 0.3 is 0 Å². The van der Waals surface area contributed by atoms with Gasteiger partial charge in [0.25, 0.3) is 0 Å². The highest BCUT2D eigenvalue weighted by atomic mass is 16.2. The highest BCUT2D eigenvalue weighted by Gasteiger charge is 2.40. The number of hydrogen-bond donors (Lipinski definition) is 1. The molecule has 28 heavy (non-hydrogen) atoms. The standard InChI is InChI=1S/C23H21N3O2/c1-25-14-19(17-7-3-5-9-21(17)25)18-12-22(27)26(23(18)28)11-10-15-13-24-20-8-4-2-6-16(15)20/h2-9,13-14,18,24H,10-12H2,1H3/t18-/m0/s1. The molecule has 1 saturated heterocycles. The summed E-state index contributed by atoms with van der Waals surface area (Å²) in [4.78, 5) is 30.4. The maximum absolute atomic E-state index is 13.1. The molecule has 0 aliphatic carbocycles. The van der Waals surface area contributed by atoms with Crippen LogP contribution in [0.2, 0.25) is 0 Å². The molecule has 0 saturated carbocycles. The number of benzene rings is 2. The van der Waals surface area contributed by atoms with Crippen LogP contribution in [0, 0.1) is 0 Å². The molecule has 2 amide bonds. The molecule has 4 aromatic rings. The number of carbonyl (C=O) groups is 2. The van der Waals surface area contributed by atoms with E-state index in [1.165, 1.54) is 4.90 Å². The minimum atomic E-state index is -0.387. The predicted octanol–water partition coefficient (Wildman–Crippen LogP) is 3.74. The fourth-order valence-corrected chi connectivity index (χ4v) is 4.38. The maximum atomic E-state index is 13.1. The Balaban J connectivity index is 1.40. The molecule has 0 unspecified atom stereocenters. The van der Waals surface area contributed by atoms with Gasteiger partial charge in [-0.3, -0.25) is 14.5 Å². The van der Waals surface area contributed by atoms with Gasteiger partial charge < -0.3 is 9.55 Å². The van der Waals surface area contributed by atoms with Crippen LogP contribution in [-0.4, -0.2) is 32.8 Å². The Morgan fingerprint density at radius 3 is 2.64 bits per heavy atom. The van der Waals surface area contributed by atoms with Crippen molar-refractivity contribution in [3.63, 3.8) is 0 Å². The third-order valence-corrected chi connectivity index (χ3v) is 5.83. The lowest BCUT2D eigenvalue weighted by atomic mass is 9.97. The van der Waals surface area contributed by atoms with Crippen LogP contribution < -0.4 is 0 Å². The first-order valence-corrected chi connectivity index (χ1v) is 9.56. The second-order valence-electron chi connectivity index (χ2n) is 7.46. The summed E-state index contributed by atoms with van der Waals surface area (Å²) in [6.45, 7) is 0.417. The minimum absolute atomic E-state index is 0.0808. The first-order valence-electron chi connectivity index (χ1n) is 9.56. The van der Waals surface area contributed by atoms with Crippen LogP contribution in [0.5, 0.6) is 0 Å². The number of amides is 2. The molecular weight excluding hydrogens is 350 g/mol. The summed E-state index contributed by atoms with van der Waals surface area (Å²) in [5.74, 6) is -0.550. The summed E-state index contributed by atoms with van der Waals surface area (Å²) >= 11 is 0. The Kier molecular flexibility index (Phi) is 3.83. The Morgan fingerprint density at radius 1 is 1.04 bits per heavy atom. The number of para-hydroxylation sites is 2. The topological polar surface area (TPSA) is 58.1 Å². The van der Waals surface area contributed by atoms with Crippen LogP contribution in [0.4, 0.5) is 0 Å². The number of nitrogens with one attached hydrogen (secondary N) is 1. The molecule has 2 aromatic carbocycles. The van der Waals surface area contributed by atoms with Crippen molar-refractivity contribution in [1.82, 2.24) is 14.5 Å². The third kappa shape index (κ3) is 2.54. The zero-order valence-corrected chi connectivity index (χ0v) is 15.7. The molecule has 5 rings (SSSR count). The molecule has 0 spiro atoms. The van der Waals surface area contributed by atoms with Gasteiger partial charge in [-0.25, -0.2) is 0 Å². The molecule has 1 N–H and O–H groups in total. The monoisotopic (exact) mass is 371 g/mol. The average molecular weight is 371 g/mol. The molecule has 140 valence electrons. The van der Waals surface area contributed by atoms with Crippen molar-refractivity contribution >= 4 is 33.6 Å². The van der Waals surface area contributed by atoms with Crippen LogP contribution in [0.3, 0.4) is 0 Å². The second-order valence-corrected chi connectivity index (χ2v) is 7.46. The third-order valence-electron chi connectivity index (χ3n) is 5.83. The van der Waals surface area contributed by atoms with Crippen molar-refractivity contribution in [3.8, 4) is 0 Å². The Hall–Kier alpha value is -3.34. The molecule has 2 aromatic heterocycles. The van der Waals surface area contributed by atoms with E-state index in [2.05, 4.69) is 11.1 Å². The normalized spacial score (nSPS) is 17.3. The van der Waals surface area contributed by atoms with Gasteiger partial charge in [0.2, 0.25) is 11.8 Å². The first-order chi connectivity index (χ1) is 13.6. The van der Waals surface area contributed by atoms with Crippen LogP contribution in [0.15, 0.2) is 60.9 Å². The molecule has 5 nitrogen and oxygen atoms in total. The lowest BCUT2D eigenvalue weighted by Gasteiger charge is -2.14. The van der Waals surface area contributed by atoms with E-state index in [0.29, 0.717) is 13.0 Å². The Labute approximate surface area is 162 Å². The Bertz CT molecular complexity index is 1220. The van der Waals surface area contributed by atoms with Crippen molar-refractivity contribution < 1.29 is 9.59 Å². The van der Waals surface area contributed by atoms with Gasteiger partial charge in [-0.2, -0.15) is 0 Å². The Morgan fingerprint density at radius 2 is 1.79 bits per heavy atom. The molecular formula is C23H21N3O2. The van der Waals surface area contributed by atoms with Gasteiger partial charge in [-0.1, -0.05) is 36.4 Å². The van der Waals surface area contributed by atoms with E-state index in [-0.39, 0.29) is 24.2 Å². The SMILES string of the molecule is Cn1cc([C@@H]2CC(=O)N(CCc3c[nH]c4ccccc34)C2=O)c2ccccc21. The van der Waals surface area contributed by atoms with E-state index in [4.69, 9.17) is 0 Å². The number of hydrogen-bond acceptors (Lipinski definition) is 2. The zero-order chi connectivity index (χ0) is 19.3. The molecule has 0 radical (unpaired) electrons.